The van der Waals surface area contributed by atoms with Gasteiger partial charge in [-0.3, -0.25) is 4.79 Å². The number of phenolic OH excluding ortho intramolecular Hbond substituents is 1. The molecule has 1 aliphatic heterocycles. The molecule has 0 aliphatic carbocycles. The van der Waals surface area contributed by atoms with Crippen molar-refractivity contribution in [3.8, 4) is 5.75 Å². The molecule has 1 aromatic rings. The van der Waals surface area contributed by atoms with Gasteiger partial charge in [-0.05, 0) is 24.6 Å². The van der Waals surface area contributed by atoms with Crippen LogP contribution in [-0.2, 0) is 6.18 Å². The zero-order valence-corrected chi connectivity index (χ0v) is 10.8. The highest BCUT2D eigenvalue weighted by Gasteiger charge is 2.38. The van der Waals surface area contributed by atoms with Crippen LogP contribution in [-0.4, -0.2) is 34.9 Å². The third-order valence-corrected chi connectivity index (χ3v) is 3.17. The largest absolute Gasteiger partial charge is 0.508 e. The van der Waals surface area contributed by atoms with Crippen LogP contribution in [0.1, 0.15) is 28.8 Å². The Morgan fingerprint density at radius 3 is 2.48 bits per heavy atom. The quantitative estimate of drug-likeness (QED) is 0.809. The number of hydrogen-bond donors (Lipinski definition) is 1. The van der Waals surface area contributed by atoms with E-state index >= 15 is 0 Å². The summed E-state index contributed by atoms with van der Waals surface area (Å²) in [6.45, 7) is -0.783. The van der Waals surface area contributed by atoms with E-state index < -0.39 is 41.4 Å². The summed E-state index contributed by atoms with van der Waals surface area (Å²) in [6.07, 6.45) is -5.02. The summed E-state index contributed by atoms with van der Waals surface area (Å²) in [4.78, 5) is 12.8. The minimum atomic E-state index is -4.74. The second-order valence-electron chi connectivity index (χ2n) is 4.95. The molecule has 1 aromatic carbocycles. The monoisotopic (exact) mass is 309 g/mol. The molecular weight excluding hydrogens is 297 g/mol. The van der Waals surface area contributed by atoms with Gasteiger partial charge in [0.25, 0.3) is 11.8 Å². The molecule has 0 radical (unpaired) electrons. The molecule has 0 aromatic heterocycles. The first-order chi connectivity index (χ1) is 9.58. The van der Waals surface area contributed by atoms with E-state index in [1.807, 2.05) is 0 Å². The van der Waals surface area contributed by atoms with Crippen molar-refractivity contribution in [1.29, 1.82) is 0 Å². The van der Waals surface area contributed by atoms with Crippen LogP contribution < -0.4 is 0 Å². The number of halogens is 5. The van der Waals surface area contributed by atoms with E-state index in [-0.39, 0.29) is 19.4 Å². The van der Waals surface area contributed by atoms with Crippen LogP contribution in [0.3, 0.4) is 0 Å². The van der Waals surface area contributed by atoms with Crippen LogP contribution >= 0.6 is 0 Å². The average Bonchev–Trinajstić information content (AvgIpc) is 2.35. The molecule has 0 saturated carbocycles. The SMILES string of the molecule is O=C(c1cc(O)cc(C(F)(F)F)c1)N1CCCC(F)(F)C1. The highest BCUT2D eigenvalue weighted by Crippen LogP contribution is 2.33. The fraction of sp³-hybridized carbons (Fsp3) is 0.462. The lowest BCUT2D eigenvalue weighted by Gasteiger charge is -2.32. The lowest BCUT2D eigenvalue weighted by molar-refractivity contribution is -0.137. The Morgan fingerprint density at radius 1 is 1.24 bits per heavy atom. The van der Waals surface area contributed by atoms with Gasteiger partial charge >= 0.3 is 6.18 Å². The number of likely N-dealkylation sites (tertiary alicyclic amines) is 1. The van der Waals surface area contributed by atoms with Crippen LogP contribution in [0, 0.1) is 0 Å². The van der Waals surface area contributed by atoms with Gasteiger partial charge in [0.15, 0.2) is 0 Å². The number of hydrogen-bond acceptors (Lipinski definition) is 2. The van der Waals surface area contributed by atoms with Crippen LogP contribution in [0.25, 0.3) is 0 Å². The fourth-order valence-corrected chi connectivity index (χ4v) is 2.22. The van der Waals surface area contributed by atoms with Crippen molar-refractivity contribution in [2.24, 2.45) is 0 Å². The van der Waals surface area contributed by atoms with Crippen molar-refractivity contribution >= 4 is 5.91 Å². The Labute approximate surface area is 117 Å². The number of piperidine rings is 1. The first kappa shape index (κ1) is 15.5. The molecule has 8 heteroatoms. The summed E-state index contributed by atoms with van der Waals surface area (Å²) >= 11 is 0. The molecule has 3 nitrogen and oxygen atoms in total. The second kappa shape index (κ2) is 5.16. The number of phenols is 1. The summed E-state index contributed by atoms with van der Waals surface area (Å²) < 4.78 is 64.4. The van der Waals surface area contributed by atoms with Gasteiger partial charge in [0.05, 0.1) is 12.1 Å². The molecular formula is C13H12F5NO2. The number of amides is 1. The molecule has 0 spiro atoms. The number of aromatic hydroxyl groups is 1. The van der Waals surface area contributed by atoms with Crippen molar-refractivity contribution in [1.82, 2.24) is 4.90 Å². The number of rotatable bonds is 1. The number of nitrogens with zero attached hydrogens (tertiary/aromatic N) is 1. The van der Waals surface area contributed by atoms with Crippen LogP contribution in [0.15, 0.2) is 18.2 Å². The summed E-state index contributed by atoms with van der Waals surface area (Å²) in [7, 11) is 0. The Bertz CT molecular complexity index is 556. The van der Waals surface area contributed by atoms with Crippen LogP contribution in [0.5, 0.6) is 5.75 Å². The van der Waals surface area contributed by atoms with Gasteiger partial charge in [0.1, 0.15) is 5.75 Å². The predicted octanol–water partition coefficient (Wildman–Crippen LogP) is 3.28. The lowest BCUT2D eigenvalue weighted by Crippen LogP contribution is -2.45. The maximum absolute atomic E-state index is 13.3. The van der Waals surface area contributed by atoms with E-state index in [1.165, 1.54) is 0 Å². The van der Waals surface area contributed by atoms with E-state index in [1.54, 1.807) is 0 Å². The molecule has 1 heterocycles. The lowest BCUT2D eigenvalue weighted by atomic mass is 10.0. The maximum atomic E-state index is 13.3. The first-order valence-corrected chi connectivity index (χ1v) is 6.17. The topological polar surface area (TPSA) is 40.5 Å². The molecule has 0 atom stereocenters. The van der Waals surface area contributed by atoms with Gasteiger partial charge in [0, 0.05) is 18.5 Å². The Morgan fingerprint density at radius 2 is 1.90 bits per heavy atom. The highest BCUT2D eigenvalue weighted by molar-refractivity contribution is 5.95. The third kappa shape index (κ3) is 3.62. The second-order valence-corrected chi connectivity index (χ2v) is 4.95. The molecule has 1 saturated heterocycles. The number of alkyl halides is 5. The average molecular weight is 309 g/mol. The predicted molar refractivity (Wildman–Crippen MR) is 63.2 cm³/mol. The molecule has 0 unspecified atom stereocenters. The number of carbonyl (C=O) groups excluding carboxylic acids is 1. The fourth-order valence-electron chi connectivity index (χ4n) is 2.22. The van der Waals surface area contributed by atoms with Gasteiger partial charge in [-0.2, -0.15) is 13.2 Å². The van der Waals surface area contributed by atoms with Gasteiger partial charge in [0.2, 0.25) is 0 Å². The smallest absolute Gasteiger partial charge is 0.416 e. The van der Waals surface area contributed by atoms with E-state index in [0.717, 1.165) is 11.0 Å². The van der Waals surface area contributed by atoms with Gasteiger partial charge in [-0.1, -0.05) is 0 Å². The van der Waals surface area contributed by atoms with E-state index in [9.17, 15) is 31.9 Å². The van der Waals surface area contributed by atoms with Crippen molar-refractivity contribution in [2.75, 3.05) is 13.1 Å². The minimum Gasteiger partial charge on any atom is -0.508 e. The molecule has 1 fully saturated rings. The minimum absolute atomic E-state index is 0.0471. The van der Waals surface area contributed by atoms with Crippen LogP contribution in [0.2, 0.25) is 0 Å². The van der Waals surface area contributed by atoms with Crippen molar-refractivity contribution in [2.45, 2.75) is 24.9 Å². The molecule has 21 heavy (non-hydrogen) atoms. The highest BCUT2D eigenvalue weighted by atomic mass is 19.4. The molecule has 1 amide bonds. The van der Waals surface area contributed by atoms with E-state index in [4.69, 9.17) is 0 Å². The van der Waals surface area contributed by atoms with Gasteiger partial charge < -0.3 is 10.0 Å². The van der Waals surface area contributed by atoms with Crippen LogP contribution in [0.4, 0.5) is 22.0 Å². The molecule has 1 N–H and O–H groups in total. The summed E-state index contributed by atoms with van der Waals surface area (Å²) in [5, 5.41) is 9.29. The zero-order valence-electron chi connectivity index (χ0n) is 10.8. The number of benzene rings is 1. The van der Waals surface area contributed by atoms with Gasteiger partial charge in [-0.15, -0.1) is 0 Å². The van der Waals surface area contributed by atoms with Crippen molar-refractivity contribution in [3.63, 3.8) is 0 Å². The summed E-state index contributed by atoms with van der Waals surface area (Å²) in [5.74, 6) is -4.73. The van der Waals surface area contributed by atoms with E-state index in [0.29, 0.717) is 12.1 Å². The third-order valence-electron chi connectivity index (χ3n) is 3.17. The summed E-state index contributed by atoms with van der Waals surface area (Å²) in [5.41, 5.74) is -1.66. The summed E-state index contributed by atoms with van der Waals surface area (Å²) in [6, 6.07) is 1.86. The Hall–Kier alpha value is -1.86. The normalized spacial score (nSPS) is 18.6. The van der Waals surface area contributed by atoms with Gasteiger partial charge in [-0.25, -0.2) is 8.78 Å². The molecule has 1 aliphatic rings. The molecule has 0 bridgehead atoms. The van der Waals surface area contributed by atoms with Crippen molar-refractivity contribution in [3.05, 3.63) is 29.3 Å². The standard InChI is InChI=1S/C13H12F5NO2/c14-12(15)2-1-3-19(7-12)11(21)8-4-9(13(16,17)18)6-10(20)5-8/h4-6,20H,1-3,7H2. The molecule has 116 valence electrons. The first-order valence-electron chi connectivity index (χ1n) is 6.17. The van der Waals surface area contributed by atoms with Crippen molar-refractivity contribution < 1.29 is 31.9 Å². The Kier molecular flexibility index (Phi) is 3.81. The zero-order chi connectivity index (χ0) is 15.8. The van der Waals surface area contributed by atoms with E-state index in [2.05, 4.69) is 0 Å². The maximum Gasteiger partial charge on any atom is 0.416 e. The Balaban J connectivity index is 2.29. The molecule has 2 rings (SSSR count). The number of carbonyl (C=O) groups is 1.